The van der Waals surface area contributed by atoms with Crippen molar-refractivity contribution in [2.75, 3.05) is 10.2 Å². The van der Waals surface area contributed by atoms with E-state index in [-0.39, 0.29) is 22.0 Å². The highest BCUT2D eigenvalue weighted by molar-refractivity contribution is 7.11. The van der Waals surface area contributed by atoms with Crippen LogP contribution in [0.5, 0.6) is 0 Å². The van der Waals surface area contributed by atoms with Crippen LogP contribution in [0.25, 0.3) is 5.57 Å². The minimum absolute atomic E-state index is 0.0501. The summed E-state index contributed by atoms with van der Waals surface area (Å²) in [6.45, 7) is 0. The minimum atomic E-state index is -0.596. The molecular weight excluding hydrogens is 422 g/mol. The Labute approximate surface area is 173 Å². The molecule has 1 aliphatic rings. The van der Waals surface area contributed by atoms with E-state index in [4.69, 9.17) is 23.2 Å². The number of nitrogens with one attached hydrogen (secondary N) is 1. The molecule has 4 rings (SSSR count). The lowest BCUT2D eigenvalue weighted by Crippen LogP contribution is -2.32. The number of hydrogen-bond acceptors (Lipinski definition) is 4. The Morgan fingerprint density at radius 2 is 1.79 bits per heavy atom. The molecular formula is C20H11Cl2FN2O2S. The van der Waals surface area contributed by atoms with Crippen LogP contribution in [0.2, 0.25) is 10.0 Å². The van der Waals surface area contributed by atoms with Crippen molar-refractivity contribution in [2.45, 2.75) is 0 Å². The van der Waals surface area contributed by atoms with Gasteiger partial charge in [0, 0.05) is 15.6 Å². The van der Waals surface area contributed by atoms with Crippen molar-refractivity contribution in [2.24, 2.45) is 0 Å². The predicted molar refractivity (Wildman–Crippen MR) is 110 cm³/mol. The summed E-state index contributed by atoms with van der Waals surface area (Å²) >= 11 is 13.6. The first-order valence-corrected chi connectivity index (χ1v) is 9.74. The summed E-state index contributed by atoms with van der Waals surface area (Å²) in [5, 5.41) is 5.24. The molecule has 28 heavy (non-hydrogen) atoms. The van der Waals surface area contributed by atoms with Crippen molar-refractivity contribution < 1.29 is 14.0 Å². The van der Waals surface area contributed by atoms with E-state index in [0.29, 0.717) is 15.6 Å². The molecule has 0 bridgehead atoms. The van der Waals surface area contributed by atoms with Gasteiger partial charge in [-0.3, -0.25) is 9.59 Å². The van der Waals surface area contributed by atoms with Gasteiger partial charge in [0.25, 0.3) is 11.8 Å². The number of halogens is 3. The summed E-state index contributed by atoms with van der Waals surface area (Å²) in [6.07, 6.45) is 0. The summed E-state index contributed by atoms with van der Waals surface area (Å²) < 4.78 is 13.6. The van der Waals surface area contributed by atoms with Gasteiger partial charge in [0.1, 0.15) is 11.5 Å². The molecule has 0 saturated heterocycles. The summed E-state index contributed by atoms with van der Waals surface area (Å²) in [5.41, 5.74) is 0.785. The smallest absolute Gasteiger partial charge is 0.282 e. The number of benzene rings is 2. The molecule has 1 aromatic heterocycles. The molecule has 2 heterocycles. The first-order chi connectivity index (χ1) is 13.5. The highest BCUT2D eigenvalue weighted by atomic mass is 35.5. The molecule has 0 aliphatic carbocycles. The maximum atomic E-state index is 13.6. The van der Waals surface area contributed by atoms with E-state index >= 15 is 0 Å². The number of carbonyl (C=O) groups is 2. The van der Waals surface area contributed by atoms with E-state index in [1.807, 2.05) is 0 Å². The third-order valence-corrected chi connectivity index (χ3v) is 5.54. The second kappa shape index (κ2) is 7.39. The zero-order valence-electron chi connectivity index (χ0n) is 14.1. The van der Waals surface area contributed by atoms with E-state index in [0.717, 1.165) is 4.90 Å². The molecule has 2 amide bonds. The highest BCUT2D eigenvalue weighted by Gasteiger charge is 2.41. The average molecular weight is 433 g/mol. The van der Waals surface area contributed by atoms with E-state index in [9.17, 15) is 14.0 Å². The minimum Gasteiger partial charge on any atom is -0.350 e. The third-order valence-electron chi connectivity index (χ3n) is 4.09. The quantitative estimate of drug-likeness (QED) is 0.546. The summed E-state index contributed by atoms with van der Waals surface area (Å²) in [5.74, 6) is -1.59. The van der Waals surface area contributed by atoms with Crippen molar-refractivity contribution in [1.82, 2.24) is 0 Å². The highest BCUT2D eigenvalue weighted by Crippen LogP contribution is 2.38. The fraction of sp³-hybridized carbons (Fsp3) is 0. The molecule has 0 fully saturated rings. The standard InChI is InChI=1S/C20H11Cl2FN2O2S/c21-11-6-7-14(22)15(9-11)25-19(26)17(16-5-2-8-28-16)18(20(25)27)24-13-4-1-3-12(23)10-13/h1-10,24H. The molecule has 4 nitrogen and oxygen atoms in total. The Morgan fingerprint density at radius 1 is 0.964 bits per heavy atom. The molecule has 3 aromatic rings. The van der Waals surface area contributed by atoms with Crippen molar-refractivity contribution in [3.05, 3.63) is 86.4 Å². The van der Waals surface area contributed by atoms with Crippen molar-refractivity contribution in [3.63, 3.8) is 0 Å². The van der Waals surface area contributed by atoms with Gasteiger partial charge < -0.3 is 5.32 Å². The molecule has 0 unspecified atom stereocenters. The number of anilines is 2. The van der Waals surface area contributed by atoms with Gasteiger partial charge in [0.05, 0.1) is 16.3 Å². The number of thiophene rings is 1. The van der Waals surface area contributed by atoms with E-state index in [1.165, 1.54) is 41.7 Å². The van der Waals surface area contributed by atoms with E-state index < -0.39 is 17.6 Å². The molecule has 0 radical (unpaired) electrons. The number of carbonyl (C=O) groups excluding carboxylic acids is 2. The van der Waals surface area contributed by atoms with Crippen LogP contribution < -0.4 is 10.2 Å². The Balaban J connectivity index is 1.83. The van der Waals surface area contributed by atoms with Gasteiger partial charge >= 0.3 is 0 Å². The molecule has 140 valence electrons. The molecule has 1 N–H and O–H groups in total. The third kappa shape index (κ3) is 3.30. The maximum Gasteiger partial charge on any atom is 0.282 e. The van der Waals surface area contributed by atoms with Crippen LogP contribution >= 0.6 is 34.5 Å². The SMILES string of the molecule is O=C1C(Nc2cccc(F)c2)=C(c2cccs2)C(=O)N1c1cc(Cl)ccc1Cl. The second-order valence-electron chi connectivity index (χ2n) is 5.90. The normalized spacial score (nSPS) is 14.2. The van der Waals surface area contributed by atoms with Gasteiger partial charge in [0.15, 0.2) is 0 Å². The summed E-state index contributed by atoms with van der Waals surface area (Å²) in [6, 6.07) is 13.7. The number of imide groups is 1. The number of hydrogen-bond donors (Lipinski definition) is 1. The molecule has 0 spiro atoms. The fourth-order valence-electron chi connectivity index (χ4n) is 2.88. The zero-order valence-corrected chi connectivity index (χ0v) is 16.4. The van der Waals surface area contributed by atoms with Crippen LogP contribution in [0.1, 0.15) is 4.88 Å². The Morgan fingerprint density at radius 3 is 2.50 bits per heavy atom. The predicted octanol–water partition coefficient (Wildman–Crippen LogP) is 5.59. The van der Waals surface area contributed by atoms with Gasteiger partial charge in [0.2, 0.25) is 0 Å². The molecule has 0 atom stereocenters. The van der Waals surface area contributed by atoms with Crippen molar-refractivity contribution in [3.8, 4) is 0 Å². The molecule has 8 heteroatoms. The summed E-state index contributed by atoms with van der Waals surface area (Å²) in [7, 11) is 0. The van der Waals surface area contributed by atoms with Crippen LogP contribution in [0.3, 0.4) is 0 Å². The van der Waals surface area contributed by atoms with Crippen LogP contribution in [-0.4, -0.2) is 11.8 Å². The lowest BCUT2D eigenvalue weighted by Gasteiger charge is -2.17. The maximum absolute atomic E-state index is 13.6. The largest absolute Gasteiger partial charge is 0.350 e. The Hall–Kier alpha value is -2.67. The fourth-order valence-corrected chi connectivity index (χ4v) is 4.02. The Bertz CT molecular complexity index is 1130. The monoisotopic (exact) mass is 432 g/mol. The topological polar surface area (TPSA) is 49.4 Å². The van der Waals surface area contributed by atoms with Crippen LogP contribution in [-0.2, 0) is 9.59 Å². The van der Waals surface area contributed by atoms with Gasteiger partial charge in [-0.1, -0.05) is 35.3 Å². The first kappa shape index (κ1) is 18.7. The lowest BCUT2D eigenvalue weighted by atomic mass is 10.2. The second-order valence-corrected chi connectivity index (χ2v) is 7.70. The van der Waals surface area contributed by atoms with E-state index in [1.54, 1.807) is 29.6 Å². The zero-order chi connectivity index (χ0) is 19.8. The van der Waals surface area contributed by atoms with Crippen molar-refractivity contribution >= 4 is 63.3 Å². The van der Waals surface area contributed by atoms with Gasteiger partial charge in [-0.25, -0.2) is 9.29 Å². The number of rotatable bonds is 4. The summed E-state index contributed by atoms with van der Waals surface area (Å²) in [4.78, 5) is 27.9. The van der Waals surface area contributed by atoms with Gasteiger partial charge in [-0.15, -0.1) is 11.3 Å². The van der Waals surface area contributed by atoms with Crippen LogP contribution in [0.15, 0.2) is 65.7 Å². The van der Waals surface area contributed by atoms with Crippen LogP contribution in [0, 0.1) is 5.82 Å². The molecule has 2 aromatic carbocycles. The Kier molecular flexibility index (Phi) is 4.93. The lowest BCUT2D eigenvalue weighted by molar-refractivity contribution is -0.120. The van der Waals surface area contributed by atoms with Gasteiger partial charge in [-0.2, -0.15) is 0 Å². The first-order valence-electron chi connectivity index (χ1n) is 8.10. The van der Waals surface area contributed by atoms with E-state index in [2.05, 4.69) is 5.32 Å². The molecule has 1 aliphatic heterocycles. The van der Waals surface area contributed by atoms with Crippen LogP contribution in [0.4, 0.5) is 15.8 Å². The average Bonchev–Trinajstić information content (AvgIpc) is 3.25. The van der Waals surface area contributed by atoms with Gasteiger partial charge in [-0.05, 0) is 47.8 Å². The molecule has 0 saturated carbocycles. The van der Waals surface area contributed by atoms with Crippen molar-refractivity contribution in [1.29, 1.82) is 0 Å². The number of nitrogens with zero attached hydrogens (tertiary/aromatic N) is 1. The number of amides is 2.